The highest BCUT2D eigenvalue weighted by atomic mass is 79.9. The maximum atomic E-state index is 12.6. The van der Waals surface area contributed by atoms with E-state index in [4.69, 9.17) is 0 Å². The van der Waals surface area contributed by atoms with Gasteiger partial charge in [-0.2, -0.15) is 0 Å². The van der Waals surface area contributed by atoms with E-state index in [1.54, 1.807) is 6.08 Å². The summed E-state index contributed by atoms with van der Waals surface area (Å²) in [6.45, 7) is 3.67. The molecule has 1 amide bonds. The number of carbonyl (C=O) groups is 1. The van der Waals surface area contributed by atoms with Crippen molar-refractivity contribution in [3.63, 3.8) is 0 Å². The van der Waals surface area contributed by atoms with Gasteiger partial charge in [0.05, 0.1) is 11.0 Å². The van der Waals surface area contributed by atoms with E-state index in [1.165, 1.54) is 0 Å². The maximum absolute atomic E-state index is 12.6. The van der Waals surface area contributed by atoms with Crippen LogP contribution in [0.1, 0.15) is 31.2 Å². The van der Waals surface area contributed by atoms with Crippen molar-refractivity contribution in [1.29, 1.82) is 0 Å². The van der Waals surface area contributed by atoms with Crippen LogP contribution in [0.5, 0.6) is 0 Å². The lowest BCUT2D eigenvalue weighted by Gasteiger charge is -2.51. The largest absolute Gasteiger partial charge is 0.386 e. The fourth-order valence-electron chi connectivity index (χ4n) is 2.97. The minimum atomic E-state index is -0.927. The highest BCUT2D eigenvalue weighted by molar-refractivity contribution is 9.10. The van der Waals surface area contributed by atoms with Crippen LogP contribution in [0.3, 0.4) is 0 Å². The molecule has 2 saturated carbocycles. The van der Waals surface area contributed by atoms with Crippen molar-refractivity contribution in [2.75, 3.05) is 0 Å². The van der Waals surface area contributed by atoms with E-state index in [-0.39, 0.29) is 5.91 Å². The molecule has 0 atom stereocenters. The van der Waals surface area contributed by atoms with Gasteiger partial charge in [0, 0.05) is 10.5 Å². The van der Waals surface area contributed by atoms with Gasteiger partial charge in [0.1, 0.15) is 0 Å². The van der Waals surface area contributed by atoms with Crippen molar-refractivity contribution in [3.05, 3.63) is 47.0 Å². The van der Waals surface area contributed by atoms with Crippen molar-refractivity contribution < 1.29 is 9.90 Å². The molecule has 3 nitrogen and oxygen atoms in total. The molecule has 2 aliphatic rings. The summed E-state index contributed by atoms with van der Waals surface area (Å²) in [6.07, 6.45) is 4.47. The molecule has 106 valence electrons. The number of amides is 1. The van der Waals surface area contributed by atoms with E-state index >= 15 is 0 Å². The molecule has 0 saturated heterocycles. The summed E-state index contributed by atoms with van der Waals surface area (Å²) in [6, 6.07) is 8.12. The SMILES string of the molecule is C=C[C@]1(O)C[C@](C(=O)NC2CC2)(c2cccc(Br)c2)C1. The van der Waals surface area contributed by atoms with E-state index < -0.39 is 11.0 Å². The molecule has 2 fully saturated rings. The highest BCUT2D eigenvalue weighted by Gasteiger charge is 2.58. The van der Waals surface area contributed by atoms with Gasteiger partial charge in [-0.3, -0.25) is 4.79 Å². The Bertz CT molecular complexity index is 559. The number of aliphatic hydroxyl groups is 1. The topological polar surface area (TPSA) is 49.3 Å². The zero-order valence-corrected chi connectivity index (χ0v) is 12.8. The smallest absolute Gasteiger partial charge is 0.231 e. The average Bonchev–Trinajstić information content (AvgIpc) is 3.18. The number of rotatable bonds is 4. The summed E-state index contributed by atoms with van der Waals surface area (Å²) in [5, 5.41) is 13.4. The summed E-state index contributed by atoms with van der Waals surface area (Å²) in [4.78, 5) is 12.6. The minimum Gasteiger partial charge on any atom is -0.386 e. The molecule has 1 aromatic rings. The van der Waals surface area contributed by atoms with Gasteiger partial charge in [-0.1, -0.05) is 34.1 Å². The Kier molecular flexibility index (Phi) is 3.26. The number of nitrogens with one attached hydrogen (secondary N) is 1. The standard InChI is InChI=1S/C16H18BrNO2/c1-2-15(20)9-16(10-15,14(19)18-13-6-7-13)11-4-3-5-12(17)8-11/h2-5,8,13,20H,1,6-7,9-10H2,(H,18,19)/t15-,16+. The minimum absolute atomic E-state index is 0.0321. The van der Waals surface area contributed by atoms with Crippen LogP contribution in [0.4, 0.5) is 0 Å². The van der Waals surface area contributed by atoms with Crippen LogP contribution in [0.15, 0.2) is 41.4 Å². The molecule has 0 aromatic heterocycles. The number of hydrogen-bond acceptors (Lipinski definition) is 2. The van der Waals surface area contributed by atoms with Gasteiger partial charge in [-0.25, -0.2) is 0 Å². The fraction of sp³-hybridized carbons (Fsp3) is 0.438. The van der Waals surface area contributed by atoms with Crippen LogP contribution in [0.2, 0.25) is 0 Å². The van der Waals surface area contributed by atoms with Crippen LogP contribution in [-0.4, -0.2) is 22.7 Å². The summed E-state index contributed by atoms with van der Waals surface area (Å²) in [7, 11) is 0. The second kappa shape index (κ2) is 4.71. The summed E-state index contributed by atoms with van der Waals surface area (Å²) < 4.78 is 0.947. The van der Waals surface area contributed by atoms with E-state index in [0.717, 1.165) is 22.9 Å². The summed E-state index contributed by atoms with van der Waals surface area (Å²) >= 11 is 3.45. The van der Waals surface area contributed by atoms with E-state index in [9.17, 15) is 9.90 Å². The lowest BCUT2D eigenvalue weighted by Crippen LogP contribution is -2.61. The number of carbonyl (C=O) groups excluding carboxylic acids is 1. The lowest BCUT2D eigenvalue weighted by atomic mass is 9.55. The van der Waals surface area contributed by atoms with Crippen molar-refractivity contribution in [3.8, 4) is 0 Å². The fourth-order valence-corrected chi connectivity index (χ4v) is 3.37. The van der Waals surface area contributed by atoms with Crippen LogP contribution in [0.25, 0.3) is 0 Å². The van der Waals surface area contributed by atoms with Crippen LogP contribution in [0, 0.1) is 0 Å². The molecule has 0 radical (unpaired) electrons. The molecule has 20 heavy (non-hydrogen) atoms. The predicted octanol–water partition coefficient (Wildman–Crippen LogP) is 2.68. The summed E-state index contributed by atoms with van der Waals surface area (Å²) in [5.41, 5.74) is -0.602. The molecule has 0 spiro atoms. The Morgan fingerprint density at radius 3 is 2.70 bits per heavy atom. The van der Waals surface area contributed by atoms with Crippen molar-refractivity contribution >= 4 is 21.8 Å². The maximum Gasteiger partial charge on any atom is 0.231 e. The molecular weight excluding hydrogens is 318 g/mol. The van der Waals surface area contributed by atoms with Gasteiger partial charge < -0.3 is 10.4 Å². The van der Waals surface area contributed by atoms with E-state index in [2.05, 4.69) is 27.8 Å². The van der Waals surface area contributed by atoms with Gasteiger partial charge in [0.15, 0.2) is 0 Å². The number of hydrogen-bond donors (Lipinski definition) is 2. The number of halogens is 1. The van der Waals surface area contributed by atoms with Crippen molar-refractivity contribution in [2.24, 2.45) is 0 Å². The Labute approximate surface area is 127 Å². The number of benzene rings is 1. The van der Waals surface area contributed by atoms with Crippen LogP contribution >= 0.6 is 15.9 Å². The van der Waals surface area contributed by atoms with Gasteiger partial charge >= 0.3 is 0 Å². The van der Waals surface area contributed by atoms with Crippen LogP contribution < -0.4 is 5.32 Å². The zero-order valence-electron chi connectivity index (χ0n) is 11.2. The Hall–Kier alpha value is -1.13. The Morgan fingerprint density at radius 2 is 2.15 bits per heavy atom. The first-order valence-corrected chi connectivity index (χ1v) is 7.70. The van der Waals surface area contributed by atoms with Gasteiger partial charge in [-0.15, -0.1) is 6.58 Å². The van der Waals surface area contributed by atoms with Crippen LogP contribution in [-0.2, 0) is 10.2 Å². The second-order valence-electron chi connectivity index (χ2n) is 6.00. The predicted molar refractivity (Wildman–Crippen MR) is 81.4 cm³/mol. The molecule has 0 unspecified atom stereocenters. The third-order valence-corrected chi connectivity index (χ3v) is 4.81. The van der Waals surface area contributed by atoms with Crippen molar-refractivity contribution in [1.82, 2.24) is 5.32 Å². The second-order valence-corrected chi connectivity index (χ2v) is 6.92. The first-order chi connectivity index (χ1) is 9.47. The lowest BCUT2D eigenvalue weighted by molar-refractivity contribution is -0.141. The molecular formula is C16H18BrNO2. The third-order valence-electron chi connectivity index (χ3n) is 4.32. The van der Waals surface area contributed by atoms with Gasteiger partial charge in [0.25, 0.3) is 0 Å². The summed E-state index contributed by atoms with van der Waals surface area (Å²) in [5.74, 6) is 0.0321. The molecule has 2 N–H and O–H groups in total. The molecule has 3 rings (SSSR count). The molecule has 0 heterocycles. The molecule has 0 aliphatic heterocycles. The quantitative estimate of drug-likeness (QED) is 0.831. The Morgan fingerprint density at radius 1 is 1.45 bits per heavy atom. The van der Waals surface area contributed by atoms with E-state index in [1.807, 2.05) is 24.3 Å². The molecule has 2 aliphatic carbocycles. The zero-order chi connectivity index (χ0) is 14.4. The molecule has 1 aromatic carbocycles. The van der Waals surface area contributed by atoms with Gasteiger partial charge in [-0.05, 0) is 43.4 Å². The van der Waals surface area contributed by atoms with Crippen molar-refractivity contribution in [2.45, 2.75) is 42.7 Å². The normalized spacial score (nSPS) is 32.3. The molecule has 0 bridgehead atoms. The van der Waals surface area contributed by atoms with Gasteiger partial charge in [0.2, 0.25) is 5.91 Å². The molecule has 4 heteroatoms. The Balaban J connectivity index is 1.92. The first kappa shape index (κ1) is 13.8. The third kappa shape index (κ3) is 2.31. The van der Waals surface area contributed by atoms with E-state index in [0.29, 0.717) is 18.9 Å². The monoisotopic (exact) mass is 335 g/mol. The average molecular weight is 336 g/mol. The first-order valence-electron chi connectivity index (χ1n) is 6.90. The highest BCUT2D eigenvalue weighted by Crippen LogP contribution is 2.51.